The molecule has 2 aliphatic heterocycles. The van der Waals surface area contributed by atoms with E-state index in [0.717, 1.165) is 5.56 Å². The van der Waals surface area contributed by atoms with Gasteiger partial charge in [-0.2, -0.15) is 0 Å². The van der Waals surface area contributed by atoms with Gasteiger partial charge in [0.2, 0.25) is 12.4 Å². The zero-order valence-electron chi connectivity index (χ0n) is 21.9. The molecule has 1 amide bonds. The van der Waals surface area contributed by atoms with Crippen molar-refractivity contribution in [1.29, 1.82) is 0 Å². The Hall–Kier alpha value is -4.09. The standard InChI is InChI=1S/C28H29NO10/c1-5-17-19(35-25-22-21(37-27(32)38-22)23(33-4)28(2,3)39-25)12-11-16-13-18(24(30)36-20(16)17)29-26(31)34-14-15-9-7-6-8-10-15/h6-13,21-23,25H,5,14H2,1-4H3,(H,29,31)/t21-,22+,23-,25-/m1/s1. The van der Waals surface area contributed by atoms with Crippen LogP contribution in [0.2, 0.25) is 0 Å². The quantitative estimate of drug-likeness (QED) is 0.337. The lowest BCUT2D eigenvalue weighted by atomic mass is 9.89. The Balaban J connectivity index is 1.37. The van der Waals surface area contributed by atoms with E-state index in [2.05, 4.69) is 5.32 Å². The topological polar surface area (TPSA) is 132 Å². The molecule has 2 aliphatic rings. The summed E-state index contributed by atoms with van der Waals surface area (Å²) in [7, 11) is 1.51. The van der Waals surface area contributed by atoms with Gasteiger partial charge in [0.05, 0.1) is 5.60 Å². The summed E-state index contributed by atoms with van der Waals surface area (Å²) in [6, 6.07) is 14.1. The van der Waals surface area contributed by atoms with Gasteiger partial charge in [0, 0.05) is 18.1 Å². The molecule has 2 saturated heterocycles. The lowest BCUT2D eigenvalue weighted by Gasteiger charge is -2.45. The molecule has 3 aromatic rings. The largest absolute Gasteiger partial charge is 0.509 e. The summed E-state index contributed by atoms with van der Waals surface area (Å²) in [5.41, 5.74) is 0.0371. The molecule has 2 aromatic carbocycles. The number of fused-ring (bicyclic) bond motifs is 2. The predicted octanol–water partition coefficient (Wildman–Crippen LogP) is 4.54. The summed E-state index contributed by atoms with van der Waals surface area (Å²) < 4.78 is 39.4. The fourth-order valence-corrected chi connectivity index (χ4v) is 4.92. The molecule has 0 aliphatic carbocycles. The van der Waals surface area contributed by atoms with Crippen LogP contribution in [0.15, 0.2) is 57.7 Å². The van der Waals surface area contributed by atoms with Crippen LogP contribution in [0.3, 0.4) is 0 Å². The smallest absolute Gasteiger partial charge is 0.460 e. The van der Waals surface area contributed by atoms with Crippen LogP contribution in [0.25, 0.3) is 11.0 Å². The Bertz CT molecular complexity index is 1430. The minimum atomic E-state index is -1.00. The van der Waals surface area contributed by atoms with Gasteiger partial charge in [-0.15, -0.1) is 0 Å². The summed E-state index contributed by atoms with van der Waals surface area (Å²) in [5, 5.41) is 3.01. The van der Waals surface area contributed by atoms with Crippen LogP contribution in [-0.2, 0) is 36.7 Å². The summed E-state index contributed by atoms with van der Waals surface area (Å²) >= 11 is 0. The first-order chi connectivity index (χ1) is 18.7. The molecular weight excluding hydrogens is 510 g/mol. The molecule has 0 unspecified atom stereocenters. The number of carbonyl (C=O) groups excluding carboxylic acids is 2. The lowest BCUT2D eigenvalue weighted by molar-refractivity contribution is -0.282. The normalized spacial score (nSPS) is 23.4. The van der Waals surface area contributed by atoms with Crippen LogP contribution in [-0.4, -0.2) is 49.6 Å². The predicted molar refractivity (Wildman–Crippen MR) is 138 cm³/mol. The number of hydrogen-bond donors (Lipinski definition) is 1. The highest BCUT2D eigenvalue weighted by Crippen LogP contribution is 2.39. The van der Waals surface area contributed by atoms with Gasteiger partial charge in [0.1, 0.15) is 29.7 Å². The molecule has 11 nitrogen and oxygen atoms in total. The number of hydrogen-bond acceptors (Lipinski definition) is 10. The van der Waals surface area contributed by atoms with Gasteiger partial charge >= 0.3 is 17.9 Å². The van der Waals surface area contributed by atoms with Crippen molar-refractivity contribution in [3.63, 3.8) is 0 Å². The molecule has 1 N–H and O–H groups in total. The number of amides is 1. The maximum atomic E-state index is 12.8. The van der Waals surface area contributed by atoms with Crippen LogP contribution in [0.4, 0.5) is 15.3 Å². The molecule has 39 heavy (non-hydrogen) atoms. The van der Waals surface area contributed by atoms with E-state index in [1.165, 1.54) is 13.2 Å². The fraction of sp³-hybridized carbons (Fsp3) is 0.393. The van der Waals surface area contributed by atoms with E-state index >= 15 is 0 Å². The van der Waals surface area contributed by atoms with E-state index < -0.39 is 48.1 Å². The maximum Gasteiger partial charge on any atom is 0.509 e. The minimum absolute atomic E-state index is 0.0552. The van der Waals surface area contributed by atoms with Crippen molar-refractivity contribution < 1.29 is 42.4 Å². The van der Waals surface area contributed by atoms with Gasteiger partial charge in [-0.3, -0.25) is 5.32 Å². The Labute approximate surface area is 223 Å². The lowest BCUT2D eigenvalue weighted by Crippen LogP contribution is -2.62. The van der Waals surface area contributed by atoms with Gasteiger partial charge in [-0.25, -0.2) is 14.4 Å². The highest BCUT2D eigenvalue weighted by Gasteiger charge is 2.59. The van der Waals surface area contributed by atoms with Gasteiger partial charge in [0.25, 0.3) is 0 Å². The van der Waals surface area contributed by atoms with E-state index in [1.54, 1.807) is 26.0 Å². The van der Waals surface area contributed by atoms with Crippen LogP contribution >= 0.6 is 0 Å². The van der Waals surface area contributed by atoms with Crippen molar-refractivity contribution in [3.05, 3.63) is 70.1 Å². The molecule has 206 valence electrons. The Morgan fingerprint density at radius 1 is 1.05 bits per heavy atom. The first-order valence-electron chi connectivity index (χ1n) is 12.5. The van der Waals surface area contributed by atoms with E-state index in [9.17, 15) is 14.4 Å². The monoisotopic (exact) mass is 539 g/mol. The van der Waals surface area contributed by atoms with E-state index in [-0.39, 0.29) is 12.3 Å². The summed E-state index contributed by atoms with van der Waals surface area (Å²) in [6.45, 7) is 5.54. The number of carbonyl (C=O) groups is 2. The average molecular weight is 540 g/mol. The zero-order chi connectivity index (χ0) is 27.7. The van der Waals surface area contributed by atoms with Crippen molar-refractivity contribution in [2.45, 2.75) is 64.0 Å². The minimum Gasteiger partial charge on any atom is -0.460 e. The van der Waals surface area contributed by atoms with Crippen molar-refractivity contribution in [3.8, 4) is 5.75 Å². The van der Waals surface area contributed by atoms with Crippen molar-refractivity contribution in [1.82, 2.24) is 0 Å². The third-order valence-electron chi connectivity index (χ3n) is 6.72. The number of benzene rings is 2. The van der Waals surface area contributed by atoms with Gasteiger partial charge in [-0.1, -0.05) is 37.3 Å². The Morgan fingerprint density at radius 3 is 2.51 bits per heavy atom. The van der Waals surface area contributed by atoms with Crippen LogP contribution < -0.4 is 15.7 Å². The first-order valence-corrected chi connectivity index (χ1v) is 12.5. The summed E-state index contributed by atoms with van der Waals surface area (Å²) in [5.74, 6) is 0.384. The molecule has 1 aromatic heterocycles. The second-order valence-corrected chi connectivity index (χ2v) is 9.73. The Kier molecular flexibility index (Phi) is 7.19. The third kappa shape index (κ3) is 5.27. The van der Waals surface area contributed by atoms with Gasteiger partial charge in [0.15, 0.2) is 6.10 Å². The van der Waals surface area contributed by atoms with Crippen LogP contribution in [0.5, 0.6) is 5.75 Å². The van der Waals surface area contributed by atoms with E-state index in [4.69, 9.17) is 32.8 Å². The van der Waals surface area contributed by atoms with Gasteiger partial charge in [-0.05, 0) is 44.0 Å². The van der Waals surface area contributed by atoms with Crippen LogP contribution in [0, 0.1) is 0 Å². The number of rotatable bonds is 7. The highest BCUT2D eigenvalue weighted by molar-refractivity contribution is 5.89. The molecule has 4 atom stereocenters. The molecule has 11 heteroatoms. The average Bonchev–Trinajstić information content (AvgIpc) is 3.29. The molecule has 0 radical (unpaired) electrons. The fourth-order valence-electron chi connectivity index (χ4n) is 4.92. The van der Waals surface area contributed by atoms with Gasteiger partial charge < -0.3 is 32.8 Å². The maximum absolute atomic E-state index is 12.8. The zero-order valence-corrected chi connectivity index (χ0v) is 21.9. The molecule has 5 rings (SSSR count). The highest BCUT2D eigenvalue weighted by atomic mass is 16.8. The SMILES string of the molecule is CCc1c(O[C@@H]2OC(C)(C)[C@H](OC)[C@@H]3OC(=O)O[C@H]23)ccc2cc(NC(=O)OCc3ccccc3)c(=O)oc12. The first kappa shape index (κ1) is 26.5. The number of aryl methyl sites for hydroxylation is 1. The van der Waals surface area contributed by atoms with Crippen molar-refractivity contribution in [2.24, 2.45) is 0 Å². The number of anilines is 1. The van der Waals surface area contributed by atoms with Crippen molar-refractivity contribution >= 4 is 28.9 Å². The second kappa shape index (κ2) is 10.6. The summed E-state index contributed by atoms with van der Waals surface area (Å²) in [4.78, 5) is 37.0. The number of nitrogens with one attached hydrogen (secondary N) is 1. The van der Waals surface area contributed by atoms with Crippen molar-refractivity contribution in [2.75, 3.05) is 12.4 Å². The molecule has 0 spiro atoms. The van der Waals surface area contributed by atoms with E-state index in [1.807, 2.05) is 37.3 Å². The molecule has 0 saturated carbocycles. The van der Waals surface area contributed by atoms with E-state index in [0.29, 0.717) is 28.7 Å². The Morgan fingerprint density at radius 2 is 1.79 bits per heavy atom. The second-order valence-electron chi connectivity index (χ2n) is 9.73. The molecule has 0 bridgehead atoms. The molecule has 3 heterocycles. The van der Waals surface area contributed by atoms with Crippen LogP contribution in [0.1, 0.15) is 31.9 Å². The molecular formula is C28H29NO10. The third-order valence-corrected chi connectivity index (χ3v) is 6.72. The number of methoxy groups -OCH3 is 1. The molecule has 2 fully saturated rings. The summed E-state index contributed by atoms with van der Waals surface area (Å²) in [6.07, 6.45) is -4.33. The number of ether oxygens (including phenoxy) is 6.